The minimum absolute atomic E-state index is 0.169. The molecule has 4 amide bonds. The zero-order valence-corrected chi connectivity index (χ0v) is 21.8. The molecule has 2 heterocycles. The van der Waals surface area contributed by atoms with Gasteiger partial charge in [0.25, 0.3) is 11.8 Å². The van der Waals surface area contributed by atoms with Crippen LogP contribution in [0, 0.1) is 0 Å². The van der Waals surface area contributed by atoms with E-state index in [1.165, 1.54) is 22.0 Å². The van der Waals surface area contributed by atoms with Gasteiger partial charge in [-0.2, -0.15) is 0 Å². The van der Waals surface area contributed by atoms with E-state index in [1.54, 1.807) is 0 Å². The first-order valence-corrected chi connectivity index (χ1v) is 13.0. The topological polar surface area (TPSA) is 151 Å². The SMILES string of the molecule is C=CCNC(=O)COC(=O)C1CCCN1C(=O)CCCCC(=O)N1CCCC1C(=O)OCC(=O)NCC=C. The van der Waals surface area contributed by atoms with Gasteiger partial charge in [0.1, 0.15) is 12.1 Å². The molecule has 0 saturated carbocycles. The maximum Gasteiger partial charge on any atom is 0.329 e. The van der Waals surface area contributed by atoms with Crippen molar-refractivity contribution >= 4 is 35.6 Å². The van der Waals surface area contributed by atoms with Crippen LogP contribution in [0.2, 0.25) is 0 Å². The van der Waals surface area contributed by atoms with E-state index in [1.807, 2.05) is 0 Å². The average molecular weight is 535 g/mol. The summed E-state index contributed by atoms with van der Waals surface area (Å²) in [7, 11) is 0. The first-order chi connectivity index (χ1) is 18.3. The minimum Gasteiger partial charge on any atom is -0.454 e. The molecule has 210 valence electrons. The summed E-state index contributed by atoms with van der Waals surface area (Å²) in [6.07, 6.45) is 6.51. The Morgan fingerprint density at radius 3 is 1.47 bits per heavy atom. The Morgan fingerprint density at radius 2 is 1.11 bits per heavy atom. The van der Waals surface area contributed by atoms with E-state index in [9.17, 15) is 28.8 Å². The quantitative estimate of drug-likeness (QED) is 0.172. The highest BCUT2D eigenvalue weighted by molar-refractivity contribution is 5.88. The fourth-order valence-electron chi connectivity index (χ4n) is 4.40. The molecular formula is C26H38N4O8. The highest BCUT2D eigenvalue weighted by Crippen LogP contribution is 2.22. The van der Waals surface area contributed by atoms with Crippen LogP contribution in [0.1, 0.15) is 51.4 Å². The van der Waals surface area contributed by atoms with Gasteiger partial charge in [0.05, 0.1) is 0 Å². The molecule has 0 aromatic rings. The van der Waals surface area contributed by atoms with Gasteiger partial charge in [-0.25, -0.2) is 9.59 Å². The molecule has 12 nitrogen and oxygen atoms in total. The molecule has 2 unspecified atom stereocenters. The summed E-state index contributed by atoms with van der Waals surface area (Å²) in [5, 5.41) is 5.02. The van der Waals surface area contributed by atoms with Crippen molar-refractivity contribution < 1.29 is 38.2 Å². The van der Waals surface area contributed by atoms with Gasteiger partial charge in [-0.15, -0.1) is 13.2 Å². The van der Waals surface area contributed by atoms with E-state index >= 15 is 0 Å². The molecule has 38 heavy (non-hydrogen) atoms. The maximum absolute atomic E-state index is 12.7. The van der Waals surface area contributed by atoms with Gasteiger partial charge in [0.2, 0.25) is 11.8 Å². The van der Waals surface area contributed by atoms with Gasteiger partial charge in [-0.05, 0) is 38.5 Å². The van der Waals surface area contributed by atoms with Crippen molar-refractivity contribution in [3.8, 4) is 0 Å². The van der Waals surface area contributed by atoms with Crippen molar-refractivity contribution in [3.05, 3.63) is 25.3 Å². The molecule has 2 fully saturated rings. The van der Waals surface area contributed by atoms with Crippen molar-refractivity contribution in [2.24, 2.45) is 0 Å². The van der Waals surface area contributed by atoms with Crippen LogP contribution in [-0.4, -0.2) is 96.8 Å². The number of esters is 2. The number of hydrogen-bond donors (Lipinski definition) is 2. The van der Waals surface area contributed by atoms with Crippen LogP contribution in [0.3, 0.4) is 0 Å². The summed E-state index contributed by atoms with van der Waals surface area (Å²) < 4.78 is 10.1. The van der Waals surface area contributed by atoms with Crippen molar-refractivity contribution in [2.45, 2.75) is 63.5 Å². The molecule has 2 saturated heterocycles. The number of nitrogens with zero attached hydrogens (tertiary/aromatic N) is 2. The predicted molar refractivity (Wildman–Crippen MR) is 136 cm³/mol. The van der Waals surface area contributed by atoms with Gasteiger partial charge < -0.3 is 29.9 Å². The van der Waals surface area contributed by atoms with Crippen LogP contribution >= 0.6 is 0 Å². The molecule has 2 atom stereocenters. The molecule has 12 heteroatoms. The first-order valence-electron chi connectivity index (χ1n) is 13.0. The summed E-state index contributed by atoms with van der Waals surface area (Å²) in [6, 6.07) is -1.43. The lowest BCUT2D eigenvalue weighted by Gasteiger charge is -2.24. The molecule has 0 aromatic heterocycles. The zero-order chi connectivity index (χ0) is 27.9. The third-order valence-electron chi connectivity index (χ3n) is 6.30. The Labute approximate surface area is 222 Å². The second-order valence-electron chi connectivity index (χ2n) is 9.10. The van der Waals surface area contributed by atoms with Crippen LogP contribution in [0.15, 0.2) is 25.3 Å². The average Bonchev–Trinajstić information content (AvgIpc) is 3.60. The van der Waals surface area contributed by atoms with E-state index in [2.05, 4.69) is 23.8 Å². The molecule has 2 N–H and O–H groups in total. The fraction of sp³-hybridized carbons (Fsp3) is 0.615. The molecule has 0 aromatic carbocycles. The van der Waals surface area contributed by atoms with E-state index in [4.69, 9.17) is 9.47 Å². The fourth-order valence-corrected chi connectivity index (χ4v) is 4.40. The summed E-state index contributed by atoms with van der Waals surface area (Å²) in [4.78, 5) is 76.4. The summed E-state index contributed by atoms with van der Waals surface area (Å²) in [5.41, 5.74) is 0. The molecule has 0 radical (unpaired) electrons. The lowest BCUT2D eigenvalue weighted by molar-refractivity contribution is -0.156. The third-order valence-corrected chi connectivity index (χ3v) is 6.30. The Morgan fingerprint density at radius 1 is 0.711 bits per heavy atom. The van der Waals surface area contributed by atoms with Gasteiger partial charge in [-0.3, -0.25) is 19.2 Å². The number of likely N-dealkylation sites (tertiary alicyclic amines) is 2. The van der Waals surface area contributed by atoms with Gasteiger partial charge in [0, 0.05) is 39.0 Å². The molecular weight excluding hydrogens is 496 g/mol. The number of ether oxygens (including phenoxy) is 2. The highest BCUT2D eigenvalue weighted by atomic mass is 16.5. The summed E-state index contributed by atoms with van der Waals surface area (Å²) >= 11 is 0. The zero-order valence-electron chi connectivity index (χ0n) is 21.8. The highest BCUT2D eigenvalue weighted by Gasteiger charge is 2.36. The molecule has 0 aliphatic carbocycles. The van der Waals surface area contributed by atoms with Crippen molar-refractivity contribution in [2.75, 3.05) is 39.4 Å². The standard InChI is InChI=1S/C26H38N4O8/c1-3-13-27-21(31)17-37-25(35)19-9-7-15-29(19)23(33)11-5-6-12-24(34)30-16-8-10-20(30)26(36)38-18-22(32)28-14-4-2/h3-4,19-20H,1-2,5-18H2,(H,27,31)(H,28,32). The number of nitrogens with one attached hydrogen (secondary N) is 2. The predicted octanol–water partition coefficient (Wildman–Crippen LogP) is 0.220. The normalized spacial score (nSPS) is 18.4. The Balaban J connectivity index is 1.71. The second-order valence-corrected chi connectivity index (χ2v) is 9.10. The number of hydrogen-bond acceptors (Lipinski definition) is 8. The Hall–Kier alpha value is -3.70. The van der Waals surface area contributed by atoms with E-state index in [0.717, 1.165) is 0 Å². The third kappa shape index (κ3) is 9.64. The van der Waals surface area contributed by atoms with Gasteiger partial charge >= 0.3 is 11.9 Å². The largest absolute Gasteiger partial charge is 0.454 e. The van der Waals surface area contributed by atoms with E-state index in [-0.39, 0.29) is 37.7 Å². The lowest BCUT2D eigenvalue weighted by atomic mass is 10.1. The van der Waals surface area contributed by atoms with Crippen molar-refractivity contribution in [1.82, 2.24) is 20.4 Å². The van der Waals surface area contributed by atoms with Crippen LogP contribution < -0.4 is 10.6 Å². The molecule has 2 aliphatic heterocycles. The number of amides is 4. The minimum atomic E-state index is -0.716. The summed E-state index contributed by atoms with van der Waals surface area (Å²) in [5.74, 6) is -2.51. The van der Waals surface area contributed by atoms with Crippen LogP contribution in [0.4, 0.5) is 0 Å². The number of unbranched alkanes of at least 4 members (excludes halogenated alkanes) is 1. The molecule has 0 spiro atoms. The Bertz CT molecular complexity index is 834. The summed E-state index contributed by atoms with van der Waals surface area (Å²) in [6.45, 7) is 7.55. The number of carbonyl (C=O) groups is 6. The van der Waals surface area contributed by atoms with Crippen LogP contribution in [0.25, 0.3) is 0 Å². The molecule has 2 aliphatic rings. The monoisotopic (exact) mass is 534 g/mol. The smallest absolute Gasteiger partial charge is 0.329 e. The van der Waals surface area contributed by atoms with Gasteiger partial charge in [0.15, 0.2) is 13.2 Å². The number of carbonyl (C=O) groups excluding carboxylic acids is 6. The lowest BCUT2D eigenvalue weighted by Crippen LogP contribution is -2.42. The van der Waals surface area contributed by atoms with E-state index in [0.29, 0.717) is 51.6 Å². The molecule has 0 bridgehead atoms. The van der Waals surface area contributed by atoms with Crippen molar-refractivity contribution in [3.63, 3.8) is 0 Å². The van der Waals surface area contributed by atoms with Crippen molar-refractivity contribution in [1.29, 1.82) is 0 Å². The Kier molecular flexibility index (Phi) is 13.0. The van der Waals surface area contributed by atoms with Gasteiger partial charge in [-0.1, -0.05) is 12.2 Å². The second kappa shape index (κ2) is 16.2. The van der Waals surface area contributed by atoms with Crippen LogP contribution in [0.5, 0.6) is 0 Å². The van der Waals surface area contributed by atoms with E-state index < -0.39 is 49.1 Å². The maximum atomic E-state index is 12.7. The first kappa shape index (κ1) is 30.5. The molecule has 2 rings (SSSR count). The number of rotatable bonds is 15. The van der Waals surface area contributed by atoms with Crippen LogP contribution in [-0.2, 0) is 38.2 Å².